The minimum atomic E-state index is -0.915. The Morgan fingerprint density at radius 1 is 1.38 bits per heavy atom. The number of benzene rings is 1. The second-order valence-corrected chi connectivity index (χ2v) is 6.53. The summed E-state index contributed by atoms with van der Waals surface area (Å²) in [6.45, 7) is 2.67. The topological polar surface area (TPSA) is 80.0 Å². The van der Waals surface area contributed by atoms with Crippen molar-refractivity contribution in [1.29, 1.82) is 0 Å². The molecule has 1 atom stereocenters. The van der Waals surface area contributed by atoms with Gasteiger partial charge in [0.1, 0.15) is 5.58 Å². The average Bonchev–Trinajstić information content (AvgIpc) is 2.93. The van der Waals surface area contributed by atoms with E-state index in [4.69, 9.17) is 9.15 Å². The van der Waals surface area contributed by atoms with Crippen LogP contribution in [0.15, 0.2) is 28.7 Å². The molecule has 6 nitrogen and oxygen atoms in total. The van der Waals surface area contributed by atoms with Crippen molar-refractivity contribution in [3.63, 3.8) is 0 Å². The molecule has 6 heteroatoms. The molecule has 0 aliphatic carbocycles. The van der Waals surface area contributed by atoms with Crippen molar-refractivity contribution in [2.45, 2.75) is 26.4 Å². The van der Waals surface area contributed by atoms with Crippen LogP contribution >= 0.6 is 0 Å². The lowest BCUT2D eigenvalue weighted by atomic mass is 9.82. The number of fused-ring (bicyclic) bond motifs is 1. The number of likely N-dealkylation sites (tertiary alicyclic amines) is 1. The Balaban J connectivity index is 1.96. The van der Waals surface area contributed by atoms with Gasteiger partial charge in [0.15, 0.2) is 5.76 Å². The van der Waals surface area contributed by atoms with Crippen molar-refractivity contribution in [2.75, 3.05) is 20.2 Å². The first-order valence-electron chi connectivity index (χ1n) is 7.98. The third kappa shape index (κ3) is 2.78. The number of rotatable bonds is 4. The lowest BCUT2D eigenvalue weighted by Gasteiger charge is -2.37. The van der Waals surface area contributed by atoms with Gasteiger partial charge in [-0.05, 0) is 25.8 Å². The molecule has 0 radical (unpaired) electrons. The number of hydrogen-bond donors (Lipinski definition) is 1. The van der Waals surface area contributed by atoms with Gasteiger partial charge in [0.05, 0.1) is 12.0 Å². The second kappa shape index (κ2) is 6.28. The van der Waals surface area contributed by atoms with Crippen LogP contribution in [-0.2, 0) is 16.1 Å². The van der Waals surface area contributed by atoms with Crippen LogP contribution < -0.4 is 0 Å². The molecule has 24 heavy (non-hydrogen) atoms. The van der Waals surface area contributed by atoms with E-state index in [-0.39, 0.29) is 24.8 Å². The molecule has 0 bridgehead atoms. The van der Waals surface area contributed by atoms with Crippen molar-refractivity contribution < 1.29 is 23.8 Å². The highest BCUT2D eigenvalue weighted by molar-refractivity contribution is 5.99. The van der Waals surface area contributed by atoms with E-state index in [9.17, 15) is 14.7 Å². The van der Waals surface area contributed by atoms with Gasteiger partial charge in [-0.2, -0.15) is 0 Å². The summed E-state index contributed by atoms with van der Waals surface area (Å²) in [5.74, 6) is -0.903. The van der Waals surface area contributed by atoms with Gasteiger partial charge in [0, 0.05) is 31.1 Å². The van der Waals surface area contributed by atoms with E-state index in [0.717, 1.165) is 5.39 Å². The highest BCUT2D eigenvalue weighted by Crippen LogP contribution is 2.33. The number of methoxy groups -OCH3 is 1. The fourth-order valence-corrected chi connectivity index (χ4v) is 3.29. The summed E-state index contributed by atoms with van der Waals surface area (Å²) in [6, 6.07) is 7.43. The van der Waals surface area contributed by atoms with E-state index < -0.39 is 11.4 Å². The maximum absolute atomic E-state index is 13.0. The highest BCUT2D eigenvalue weighted by Gasteiger charge is 2.40. The second-order valence-electron chi connectivity index (χ2n) is 6.53. The summed E-state index contributed by atoms with van der Waals surface area (Å²) in [7, 11) is 1.57. The number of carboxylic acid groups (broad SMARTS) is 1. The summed E-state index contributed by atoms with van der Waals surface area (Å²) < 4.78 is 11.0. The van der Waals surface area contributed by atoms with E-state index >= 15 is 0 Å². The Morgan fingerprint density at radius 3 is 2.83 bits per heavy atom. The van der Waals surface area contributed by atoms with E-state index in [1.54, 1.807) is 18.9 Å². The molecule has 1 amide bonds. The predicted octanol–water partition coefficient (Wildman–Crippen LogP) is 2.91. The highest BCUT2D eigenvalue weighted by atomic mass is 16.5. The SMILES string of the molecule is COCc1c(C(=O)N2CCCC(C)(C(=O)O)C2)oc2ccccc12. The van der Waals surface area contributed by atoms with Gasteiger partial charge in [-0.15, -0.1) is 0 Å². The van der Waals surface area contributed by atoms with Gasteiger partial charge in [-0.1, -0.05) is 18.2 Å². The van der Waals surface area contributed by atoms with Crippen molar-refractivity contribution in [2.24, 2.45) is 5.41 Å². The molecule has 128 valence electrons. The number of furan rings is 1. The fraction of sp³-hybridized carbons (Fsp3) is 0.444. The number of carboxylic acids is 1. The number of piperidine rings is 1. The van der Waals surface area contributed by atoms with Gasteiger partial charge in [-0.3, -0.25) is 9.59 Å². The van der Waals surface area contributed by atoms with Gasteiger partial charge >= 0.3 is 5.97 Å². The zero-order valence-electron chi connectivity index (χ0n) is 13.9. The third-order valence-electron chi connectivity index (χ3n) is 4.68. The van der Waals surface area contributed by atoms with Crippen LogP contribution in [0.4, 0.5) is 0 Å². The Kier molecular flexibility index (Phi) is 4.32. The standard InChI is InChI=1S/C18H21NO5/c1-18(17(21)22)8-5-9-19(11-18)16(20)15-13(10-23-2)12-6-3-4-7-14(12)24-15/h3-4,6-7H,5,8-11H2,1-2H3,(H,21,22). The summed E-state index contributed by atoms with van der Waals surface area (Å²) in [5, 5.41) is 10.3. The summed E-state index contributed by atoms with van der Waals surface area (Å²) in [6.07, 6.45) is 1.23. The number of aliphatic carboxylic acids is 1. The van der Waals surface area contributed by atoms with E-state index in [0.29, 0.717) is 30.5 Å². The normalized spacial score (nSPS) is 21.2. The Hall–Kier alpha value is -2.34. The zero-order chi connectivity index (χ0) is 17.3. The predicted molar refractivity (Wildman–Crippen MR) is 87.8 cm³/mol. The number of carbonyl (C=O) groups excluding carboxylic acids is 1. The molecule has 1 fully saturated rings. The number of para-hydroxylation sites is 1. The van der Waals surface area contributed by atoms with Crippen LogP contribution in [0.3, 0.4) is 0 Å². The Bertz CT molecular complexity index is 781. The van der Waals surface area contributed by atoms with Crippen LogP contribution in [0, 0.1) is 5.41 Å². The first-order chi connectivity index (χ1) is 11.5. The summed E-state index contributed by atoms with van der Waals surface area (Å²) in [5.41, 5.74) is 0.424. The number of ether oxygens (including phenoxy) is 1. The maximum Gasteiger partial charge on any atom is 0.311 e. The van der Waals surface area contributed by atoms with E-state index in [2.05, 4.69) is 0 Å². The third-order valence-corrected chi connectivity index (χ3v) is 4.68. The molecule has 1 aromatic carbocycles. The lowest BCUT2D eigenvalue weighted by molar-refractivity contribution is -0.150. The number of hydrogen-bond acceptors (Lipinski definition) is 4. The molecule has 2 aromatic rings. The van der Waals surface area contributed by atoms with Crippen molar-refractivity contribution in [3.05, 3.63) is 35.6 Å². The molecule has 1 aliphatic rings. The van der Waals surface area contributed by atoms with Crippen molar-refractivity contribution in [1.82, 2.24) is 4.90 Å². The monoisotopic (exact) mass is 331 g/mol. The number of carbonyl (C=O) groups is 2. The quantitative estimate of drug-likeness (QED) is 0.932. The molecule has 1 aliphatic heterocycles. The molecule has 2 heterocycles. The average molecular weight is 331 g/mol. The summed E-state index contributed by atoms with van der Waals surface area (Å²) >= 11 is 0. The zero-order valence-corrected chi connectivity index (χ0v) is 13.9. The van der Waals surface area contributed by atoms with Crippen molar-refractivity contribution >= 4 is 22.8 Å². The Labute approximate surface area is 140 Å². The molecular weight excluding hydrogens is 310 g/mol. The van der Waals surface area contributed by atoms with Gasteiger partial charge in [0.25, 0.3) is 5.91 Å². The molecule has 1 aromatic heterocycles. The minimum absolute atomic E-state index is 0.185. The van der Waals surface area contributed by atoms with Gasteiger partial charge in [-0.25, -0.2) is 0 Å². The van der Waals surface area contributed by atoms with Crippen LogP contribution in [0.1, 0.15) is 35.9 Å². The van der Waals surface area contributed by atoms with Crippen LogP contribution in [0.25, 0.3) is 11.0 Å². The van der Waals surface area contributed by atoms with Crippen LogP contribution in [-0.4, -0.2) is 42.1 Å². The number of amides is 1. The molecule has 3 rings (SSSR count). The molecule has 1 N–H and O–H groups in total. The molecule has 1 unspecified atom stereocenters. The number of nitrogens with zero attached hydrogens (tertiary/aromatic N) is 1. The van der Waals surface area contributed by atoms with Crippen molar-refractivity contribution in [3.8, 4) is 0 Å². The van der Waals surface area contributed by atoms with Crippen LogP contribution in [0.5, 0.6) is 0 Å². The molecular formula is C18H21NO5. The van der Waals surface area contributed by atoms with E-state index in [1.165, 1.54) is 0 Å². The first-order valence-corrected chi connectivity index (χ1v) is 7.98. The Morgan fingerprint density at radius 2 is 2.12 bits per heavy atom. The van der Waals surface area contributed by atoms with Crippen LogP contribution in [0.2, 0.25) is 0 Å². The molecule has 0 spiro atoms. The van der Waals surface area contributed by atoms with E-state index in [1.807, 2.05) is 24.3 Å². The maximum atomic E-state index is 13.0. The fourth-order valence-electron chi connectivity index (χ4n) is 3.29. The van der Waals surface area contributed by atoms with Gasteiger partial charge in [0.2, 0.25) is 0 Å². The largest absolute Gasteiger partial charge is 0.481 e. The smallest absolute Gasteiger partial charge is 0.311 e. The summed E-state index contributed by atoms with van der Waals surface area (Å²) in [4.78, 5) is 26.0. The van der Waals surface area contributed by atoms with Gasteiger partial charge < -0.3 is 19.2 Å². The minimum Gasteiger partial charge on any atom is -0.481 e. The first kappa shape index (κ1) is 16.5. The molecule has 0 saturated carbocycles. The molecule has 1 saturated heterocycles. The lowest BCUT2D eigenvalue weighted by Crippen LogP contribution is -2.48.